The summed E-state index contributed by atoms with van der Waals surface area (Å²) in [6.45, 7) is -0.227. The van der Waals surface area contributed by atoms with Gasteiger partial charge in [0.2, 0.25) is 0 Å². The van der Waals surface area contributed by atoms with E-state index in [1.165, 1.54) is 6.08 Å². The number of hydrogen-bond acceptors (Lipinski definition) is 3. The van der Waals surface area contributed by atoms with E-state index in [0.29, 0.717) is 10.9 Å². The second-order valence-corrected chi connectivity index (χ2v) is 3.60. The lowest BCUT2D eigenvalue weighted by atomic mass is 10.1. The molecule has 0 heterocycles. The Labute approximate surface area is 102 Å². The molecule has 84 valence electrons. The maximum atomic E-state index is 11.5. The van der Waals surface area contributed by atoms with Gasteiger partial charge in [-0.2, -0.15) is 0 Å². The van der Waals surface area contributed by atoms with Crippen LogP contribution in [-0.2, 0) is 9.53 Å². The van der Waals surface area contributed by atoms with E-state index in [1.54, 1.807) is 30.3 Å². The molecule has 4 heteroatoms. The molecule has 0 saturated heterocycles. The Morgan fingerprint density at radius 2 is 1.94 bits per heavy atom. The molecule has 1 rings (SSSR count). The van der Waals surface area contributed by atoms with Crippen molar-refractivity contribution in [1.29, 1.82) is 0 Å². The lowest BCUT2D eigenvalue weighted by molar-refractivity contribution is -0.136. The first-order valence-electron chi connectivity index (χ1n) is 4.71. The van der Waals surface area contributed by atoms with Crippen LogP contribution < -0.4 is 0 Å². The van der Waals surface area contributed by atoms with Crippen molar-refractivity contribution >= 4 is 27.7 Å². The summed E-state index contributed by atoms with van der Waals surface area (Å²) in [4.78, 5) is 22.6. The summed E-state index contributed by atoms with van der Waals surface area (Å²) in [5.74, 6) is -0.718. The highest BCUT2D eigenvalue weighted by molar-refractivity contribution is 9.09. The topological polar surface area (TPSA) is 43.4 Å². The van der Waals surface area contributed by atoms with Crippen LogP contribution in [0.5, 0.6) is 0 Å². The SMILES string of the molecule is O=C(C=CCBr)OCC(=O)c1ccccc1. The fourth-order valence-corrected chi connectivity index (χ4v) is 1.22. The number of alkyl halides is 1. The van der Waals surface area contributed by atoms with Crippen molar-refractivity contribution in [3.63, 3.8) is 0 Å². The Morgan fingerprint density at radius 3 is 2.56 bits per heavy atom. The van der Waals surface area contributed by atoms with E-state index in [0.717, 1.165) is 0 Å². The number of Topliss-reactive ketones (excluding diaryl/α,β-unsaturated/α-hetero) is 1. The summed E-state index contributed by atoms with van der Waals surface area (Å²) >= 11 is 3.13. The number of ether oxygens (including phenoxy) is 1. The molecule has 0 fully saturated rings. The van der Waals surface area contributed by atoms with Crippen LogP contribution in [0.15, 0.2) is 42.5 Å². The van der Waals surface area contributed by atoms with Crippen LogP contribution in [0.25, 0.3) is 0 Å². The molecule has 0 aromatic heterocycles. The number of esters is 1. The Morgan fingerprint density at radius 1 is 1.25 bits per heavy atom. The average molecular weight is 283 g/mol. The van der Waals surface area contributed by atoms with Crippen molar-refractivity contribution in [2.45, 2.75) is 0 Å². The average Bonchev–Trinajstić information content (AvgIpc) is 2.34. The largest absolute Gasteiger partial charge is 0.454 e. The zero-order chi connectivity index (χ0) is 11.8. The number of rotatable bonds is 5. The normalized spacial score (nSPS) is 10.3. The Hall–Kier alpha value is -1.42. The van der Waals surface area contributed by atoms with Crippen molar-refractivity contribution in [3.05, 3.63) is 48.0 Å². The molecule has 0 atom stereocenters. The standard InChI is InChI=1S/C12H11BrO3/c13-8-4-7-12(15)16-9-11(14)10-5-2-1-3-6-10/h1-7H,8-9H2. The van der Waals surface area contributed by atoms with Crippen LogP contribution in [0.1, 0.15) is 10.4 Å². The van der Waals surface area contributed by atoms with Gasteiger partial charge >= 0.3 is 5.97 Å². The molecule has 0 amide bonds. The van der Waals surface area contributed by atoms with Crippen LogP contribution in [-0.4, -0.2) is 23.7 Å². The first-order chi connectivity index (χ1) is 7.74. The highest BCUT2D eigenvalue weighted by Gasteiger charge is 2.06. The number of carbonyl (C=O) groups excluding carboxylic acids is 2. The summed E-state index contributed by atoms with van der Waals surface area (Å²) < 4.78 is 4.76. The van der Waals surface area contributed by atoms with Gasteiger partial charge in [-0.3, -0.25) is 4.79 Å². The molecular weight excluding hydrogens is 272 g/mol. The van der Waals surface area contributed by atoms with Gasteiger partial charge in [0.1, 0.15) is 0 Å². The molecule has 3 nitrogen and oxygen atoms in total. The van der Waals surface area contributed by atoms with Gasteiger partial charge in [0.15, 0.2) is 12.4 Å². The van der Waals surface area contributed by atoms with Gasteiger partial charge in [-0.25, -0.2) is 4.79 Å². The van der Waals surface area contributed by atoms with Crippen LogP contribution in [0.4, 0.5) is 0 Å². The molecule has 0 saturated carbocycles. The molecule has 0 radical (unpaired) electrons. The van der Waals surface area contributed by atoms with E-state index >= 15 is 0 Å². The van der Waals surface area contributed by atoms with Gasteiger partial charge < -0.3 is 4.74 Å². The zero-order valence-electron chi connectivity index (χ0n) is 8.56. The highest BCUT2D eigenvalue weighted by atomic mass is 79.9. The maximum Gasteiger partial charge on any atom is 0.330 e. The van der Waals surface area contributed by atoms with Gasteiger partial charge in [0.25, 0.3) is 0 Å². The molecule has 0 aliphatic heterocycles. The second kappa shape index (κ2) is 6.95. The molecule has 0 bridgehead atoms. The molecule has 0 aliphatic carbocycles. The van der Waals surface area contributed by atoms with Crippen LogP contribution >= 0.6 is 15.9 Å². The summed E-state index contributed by atoms with van der Waals surface area (Å²) in [7, 11) is 0. The smallest absolute Gasteiger partial charge is 0.330 e. The van der Waals surface area contributed by atoms with Crippen molar-refractivity contribution < 1.29 is 14.3 Å². The van der Waals surface area contributed by atoms with E-state index in [2.05, 4.69) is 15.9 Å². The number of halogens is 1. The minimum atomic E-state index is -0.510. The first-order valence-corrected chi connectivity index (χ1v) is 5.83. The first kappa shape index (κ1) is 12.6. The molecule has 16 heavy (non-hydrogen) atoms. The van der Waals surface area contributed by atoms with Crippen LogP contribution in [0, 0.1) is 0 Å². The second-order valence-electron chi connectivity index (χ2n) is 2.95. The van der Waals surface area contributed by atoms with Gasteiger partial charge in [0.05, 0.1) is 0 Å². The Balaban J connectivity index is 2.42. The molecule has 0 spiro atoms. The molecule has 1 aromatic rings. The predicted octanol–water partition coefficient (Wildman–Crippen LogP) is 2.36. The number of ketones is 1. The van der Waals surface area contributed by atoms with Crippen molar-refractivity contribution in [3.8, 4) is 0 Å². The van der Waals surface area contributed by atoms with Crippen LogP contribution in [0.3, 0.4) is 0 Å². The monoisotopic (exact) mass is 282 g/mol. The van der Waals surface area contributed by atoms with E-state index < -0.39 is 5.97 Å². The van der Waals surface area contributed by atoms with Crippen molar-refractivity contribution in [2.24, 2.45) is 0 Å². The van der Waals surface area contributed by atoms with Crippen molar-refractivity contribution in [2.75, 3.05) is 11.9 Å². The summed E-state index contributed by atoms with van der Waals surface area (Å²) in [5.41, 5.74) is 0.541. The molecule has 1 aromatic carbocycles. The fourth-order valence-electron chi connectivity index (χ4n) is 1.03. The number of benzene rings is 1. The number of carbonyl (C=O) groups is 2. The molecule has 0 aliphatic rings. The molecular formula is C12H11BrO3. The van der Waals surface area contributed by atoms with Gasteiger partial charge in [-0.1, -0.05) is 52.3 Å². The van der Waals surface area contributed by atoms with E-state index in [-0.39, 0.29) is 12.4 Å². The minimum absolute atomic E-state index is 0.207. The Kier molecular flexibility index (Phi) is 5.50. The van der Waals surface area contributed by atoms with Crippen LogP contribution in [0.2, 0.25) is 0 Å². The zero-order valence-corrected chi connectivity index (χ0v) is 10.1. The number of allylic oxidation sites excluding steroid dienone is 1. The van der Waals surface area contributed by atoms with E-state index in [1.807, 2.05) is 6.07 Å². The third kappa shape index (κ3) is 4.40. The highest BCUT2D eigenvalue weighted by Crippen LogP contribution is 2.00. The lowest BCUT2D eigenvalue weighted by Gasteiger charge is -2.01. The lowest BCUT2D eigenvalue weighted by Crippen LogP contribution is -2.12. The van der Waals surface area contributed by atoms with Gasteiger partial charge in [0, 0.05) is 17.0 Å². The predicted molar refractivity (Wildman–Crippen MR) is 64.7 cm³/mol. The fraction of sp³-hybridized carbons (Fsp3) is 0.167. The summed E-state index contributed by atoms with van der Waals surface area (Å²) in [6, 6.07) is 8.72. The summed E-state index contributed by atoms with van der Waals surface area (Å²) in [5, 5.41) is 0.578. The van der Waals surface area contributed by atoms with Gasteiger partial charge in [-0.05, 0) is 0 Å². The molecule has 0 N–H and O–H groups in total. The quantitative estimate of drug-likeness (QED) is 0.360. The maximum absolute atomic E-state index is 11.5. The third-order valence-corrected chi connectivity index (χ3v) is 2.16. The Bertz CT molecular complexity index is 385. The third-order valence-electron chi connectivity index (χ3n) is 1.78. The molecule has 0 unspecified atom stereocenters. The summed E-state index contributed by atoms with van der Waals surface area (Å²) in [6.07, 6.45) is 2.89. The van der Waals surface area contributed by atoms with E-state index in [4.69, 9.17) is 4.74 Å². The van der Waals surface area contributed by atoms with Gasteiger partial charge in [-0.15, -0.1) is 0 Å². The minimum Gasteiger partial charge on any atom is -0.454 e. The number of hydrogen-bond donors (Lipinski definition) is 0. The van der Waals surface area contributed by atoms with E-state index in [9.17, 15) is 9.59 Å². The van der Waals surface area contributed by atoms with Crippen molar-refractivity contribution in [1.82, 2.24) is 0 Å².